The normalized spacial score (nSPS) is 15.3. The lowest BCUT2D eigenvalue weighted by atomic mass is 10.2. The summed E-state index contributed by atoms with van der Waals surface area (Å²) in [5, 5.41) is 4.77. The number of nitrogens with one attached hydrogen (secondary N) is 1. The Hall–Kier alpha value is -2.58. The van der Waals surface area contributed by atoms with E-state index in [4.69, 9.17) is 17.3 Å². The van der Waals surface area contributed by atoms with Crippen LogP contribution in [0.2, 0.25) is 0 Å². The maximum Gasteiger partial charge on any atom is 0.225 e. The third kappa shape index (κ3) is 3.38. The molecule has 4 rings (SSSR count). The Labute approximate surface area is 157 Å². The van der Waals surface area contributed by atoms with Crippen LogP contribution in [0, 0.1) is 4.77 Å². The first-order valence-corrected chi connectivity index (χ1v) is 9.18. The first-order chi connectivity index (χ1) is 12.7. The fourth-order valence-corrected chi connectivity index (χ4v) is 3.47. The van der Waals surface area contributed by atoms with Gasteiger partial charge < -0.3 is 14.4 Å². The van der Waals surface area contributed by atoms with E-state index in [0.717, 1.165) is 55.0 Å². The minimum absolute atomic E-state index is 0.755. The molecule has 0 atom stereocenters. The zero-order valence-corrected chi connectivity index (χ0v) is 15.6. The van der Waals surface area contributed by atoms with Gasteiger partial charge in [-0.05, 0) is 18.3 Å². The number of rotatable bonds is 4. The third-order valence-corrected chi connectivity index (χ3v) is 5.24. The van der Waals surface area contributed by atoms with Gasteiger partial charge in [0.05, 0.1) is 26.2 Å². The Morgan fingerprint density at radius 1 is 1.04 bits per heavy atom. The van der Waals surface area contributed by atoms with Gasteiger partial charge in [-0.3, -0.25) is 0 Å². The number of aromatic nitrogens is 5. The van der Waals surface area contributed by atoms with E-state index in [2.05, 4.69) is 27.0 Å². The predicted octanol–water partition coefficient (Wildman–Crippen LogP) is 0.771. The molecule has 1 fully saturated rings. The van der Waals surface area contributed by atoms with E-state index in [1.54, 1.807) is 12.4 Å². The summed E-state index contributed by atoms with van der Waals surface area (Å²) in [6.45, 7) is 4.67. The second-order valence-electron chi connectivity index (χ2n) is 6.47. The standard InChI is InChI=1S/C18H21N7S/c1-22-16(15-6-3-2-4-7-15)21-25(18(22)26)14-23-10-12-24(13-11-23)17-19-8-5-9-20-17/h2-9H,10-14H2,1H3/p+1. The fourth-order valence-electron chi connectivity index (χ4n) is 3.28. The van der Waals surface area contributed by atoms with Crippen LogP contribution in [-0.2, 0) is 13.7 Å². The molecule has 0 aliphatic carbocycles. The summed E-state index contributed by atoms with van der Waals surface area (Å²) in [5.74, 6) is 1.72. The summed E-state index contributed by atoms with van der Waals surface area (Å²) in [6, 6.07) is 12.0. The van der Waals surface area contributed by atoms with Crippen LogP contribution >= 0.6 is 12.2 Å². The maximum absolute atomic E-state index is 5.60. The molecule has 1 aliphatic heterocycles. The van der Waals surface area contributed by atoms with Gasteiger partial charge >= 0.3 is 0 Å². The Bertz CT molecular complexity index is 912. The van der Waals surface area contributed by atoms with Crippen LogP contribution in [0.25, 0.3) is 11.4 Å². The van der Waals surface area contributed by atoms with Crippen molar-refractivity contribution < 1.29 is 4.90 Å². The van der Waals surface area contributed by atoms with Crippen LogP contribution in [0.1, 0.15) is 0 Å². The number of benzene rings is 1. The van der Waals surface area contributed by atoms with Gasteiger partial charge in [0.2, 0.25) is 10.7 Å². The Morgan fingerprint density at radius 3 is 2.42 bits per heavy atom. The van der Waals surface area contributed by atoms with Crippen LogP contribution in [0.5, 0.6) is 0 Å². The van der Waals surface area contributed by atoms with Gasteiger partial charge in [-0.25, -0.2) is 9.97 Å². The Balaban J connectivity index is 1.45. The van der Waals surface area contributed by atoms with Crippen LogP contribution in [0.3, 0.4) is 0 Å². The molecule has 3 heterocycles. The molecule has 2 aromatic heterocycles. The molecule has 0 unspecified atom stereocenters. The minimum Gasteiger partial charge on any atom is -0.330 e. The summed E-state index contributed by atoms with van der Waals surface area (Å²) in [5.41, 5.74) is 1.08. The van der Waals surface area contributed by atoms with Crippen molar-refractivity contribution >= 4 is 18.2 Å². The number of hydrogen-bond donors (Lipinski definition) is 1. The highest BCUT2D eigenvalue weighted by atomic mass is 32.1. The molecule has 134 valence electrons. The smallest absolute Gasteiger partial charge is 0.225 e. The van der Waals surface area contributed by atoms with Gasteiger partial charge in [0.15, 0.2) is 12.5 Å². The number of piperazine rings is 1. The summed E-state index contributed by atoms with van der Waals surface area (Å²) in [4.78, 5) is 12.4. The lowest BCUT2D eigenvalue weighted by molar-refractivity contribution is -0.924. The second-order valence-corrected chi connectivity index (χ2v) is 6.84. The largest absolute Gasteiger partial charge is 0.330 e. The van der Waals surface area contributed by atoms with E-state index >= 15 is 0 Å². The third-order valence-electron chi connectivity index (χ3n) is 4.75. The molecule has 1 aliphatic rings. The molecular weight excluding hydrogens is 346 g/mol. The minimum atomic E-state index is 0.755. The number of quaternary nitrogens is 1. The zero-order valence-electron chi connectivity index (χ0n) is 14.7. The van der Waals surface area contributed by atoms with Crippen molar-refractivity contribution in [3.63, 3.8) is 0 Å². The fraction of sp³-hybridized carbons (Fsp3) is 0.333. The van der Waals surface area contributed by atoms with E-state index in [1.165, 1.54) is 4.90 Å². The van der Waals surface area contributed by atoms with E-state index in [-0.39, 0.29) is 0 Å². The summed E-state index contributed by atoms with van der Waals surface area (Å²) in [7, 11) is 1.98. The van der Waals surface area contributed by atoms with Crippen molar-refractivity contribution in [2.24, 2.45) is 7.05 Å². The summed E-state index contributed by atoms with van der Waals surface area (Å²) in [6.07, 6.45) is 3.58. The molecule has 1 N–H and O–H groups in total. The molecule has 3 aromatic rings. The monoisotopic (exact) mass is 368 g/mol. The molecule has 0 amide bonds. The van der Waals surface area contributed by atoms with E-state index in [1.807, 2.05) is 40.6 Å². The first-order valence-electron chi connectivity index (χ1n) is 8.77. The first kappa shape index (κ1) is 16.9. The van der Waals surface area contributed by atoms with Crippen molar-refractivity contribution in [3.05, 3.63) is 53.6 Å². The molecule has 26 heavy (non-hydrogen) atoms. The second kappa shape index (κ2) is 7.35. The lowest BCUT2D eigenvalue weighted by Gasteiger charge is -2.31. The van der Waals surface area contributed by atoms with Gasteiger partial charge in [-0.15, -0.1) is 5.10 Å². The van der Waals surface area contributed by atoms with Crippen LogP contribution in [0.4, 0.5) is 5.95 Å². The number of anilines is 1. The molecule has 0 spiro atoms. The molecule has 8 heteroatoms. The maximum atomic E-state index is 5.60. The predicted molar refractivity (Wildman–Crippen MR) is 102 cm³/mol. The van der Waals surface area contributed by atoms with Crippen LogP contribution < -0.4 is 9.80 Å². The van der Waals surface area contributed by atoms with Crippen molar-refractivity contribution in [1.29, 1.82) is 0 Å². The number of nitrogens with zero attached hydrogens (tertiary/aromatic N) is 6. The SMILES string of the molecule is Cn1c(-c2ccccc2)nn(C[NH+]2CCN(c3ncccn3)CC2)c1=S. The molecular formula is C18H22N7S+. The highest BCUT2D eigenvalue weighted by Gasteiger charge is 2.23. The van der Waals surface area contributed by atoms with Crippen molar-refractivity contribution in [2.45, 2.75) is 6.67 Å². The molecule has 0 bridgehead atoms. The Morgan fingerprint density at radius 2 is 1.73 bits per heavy atom. The molecule has 0 saturated carbocycles. The topological polar surface area (TPSA) is 56.2 Å². The van der Waals surface area contributed by atoms with E-state index < -0.39 is 0 Å². The van der Waals surface area contributed by atoms with E-state index in [9.17, 15) is 0 Å². The summed E-state index contributed by atoms with van der Waals surface area (Å²) >= 11 is 5.60. The highest BCUT2D eigenvalue weighted by Crippen LogP contribution is 2.16. The quantitative estimate of drug-likeness (QED) is 0.690. The highest BCUT2D eigenvalue weighted by molar-refractivity contribution is 7.71. The molecule has 1 aromatic carbocycles. The van der Waals surface area contributed by atoms with Gasteiger partial charge in [-0.2, -0.15) is 4.68 Å². The van der Waals surface area contributed by atoms with E-state index in [0.29, 0.717) is 0 Å². The molecule has 1 saturated heterocycles. The van der Waals surface area contributed by atoms with Gasteiger partial charge in [-0.1, -0.05) is 30.3 Å². The van der Waals surface area contributed by atoms with Crippen molar-refractivity contribution in [1.82, 2.24) is 24.3 Å². The Kier molecular flexibility index (Phi) is 4.77. The zero-order chi connectivity index (χ0) is 17.9. The van der Waals surface area contributed by atoms with Crippen molar-refractivity contribution in [2.75, 3.05) is 31.1 Å². The number of hydrogen-bond acceptors (Lipinski definition) is 5. The summed E-state index contributed by atoms with van der Waals surface area (Å²) < 4.78 is 4.69. The lowest BCUT2D eigenvalue weighted by Crippen LogP contribution is -3.14. The van der Waals surface area contributed by atoms with Crippen LogP contribution in [0.15, 0.2) is 48.8 Å². The average molecular weight is 368 g/mol. The van der Waals surface area contributed by atoms with Crippen molar-refractivity contribution in [3.8, 4) is 11.4 Å². The van der Waals surface area contributed by atoms with Crippen LogP contribution in [-0.4, -0.2) is 50.5 Å². The molecule has 7 nitrogen and oxygen atoms in total. The van der Waals surface area contributed by atoms with Gasteiger partial charge in [0.1, 0.15) is 0 Å². The van der Waals surface area contributed by atoms with Gasteiger partial charge in [0, 0.05) is 25.0 Å². The average Bonchev–Trinajstić information content (AvgIpc) is 2.98. The van der Waals surface area contributed by atoms with Gasteiger partial charge in [0.25, 0.3) is 0 Å². The molecule has 0 radical (unpaired) electrons.